The summed E-state index contributed by atoms with van der Waals surface area (Å²) < 4.78 is 38.4. The normalized spacial score (nSPS) is 18.5. The molecule has 170 valence electrons. The van der Waals surface area contributed by atoms with Crippen LogP contribution in [0.4, 0.5) is 13.2 Å². The predicted octanol–water partition coefficient (Wildman–Crippen LogP) is 3.29. The van der Waals surface area contributed by atoms with Crippen molar-refractivity contribution < 1.29 is 27.6 Å². The molecule has 0 saturated heterocycles. The van der Waals surface area contributed by atoms with Gasteiger partial charge in [0.15, 0.2) is 0 Å². The molecule has 3 rings (SSSR count). The number of carbonyl (C=O) groups excluding carboxylic acids is 3. The zero-order valence-corrected chi connectivity index (χ0v) is 17.2. The average molecular weight is 447 g/mol. The molecular formula is C23H24F3N3O3. The fraction of sp³-hybridized carbons (Fsp3) is 0.348. The third-order valence-corrected chi connectivity index (χ3v) is 5.33. The Morgan fingerprint density at radius 1 is 0.812 bits per heavy atom. The van der Waals surface area contributed by atoms with Crippen molar-refractivity contribution in [3.05, 3.63) is 71.3 Å². The molecule has 0 unspecified atom stereocenters. The minimum absolute atomic E-state index is 0.182. The Morgan fingerprint density at radius 3 is 2.09 bits per heavy atom. The maximum Gasteiger partial charge on any atom is 0.416 e. The fourth-order valence-electron chi connectivity index (χ4n) is 3.67. The Labute approximate surface area is 183 Å². The summed E-state index contributed by atoms with van der Waals surface area (Å²) >= 11 is 0. The summed E-state index contributed by atoms with van der Waals surface area (Å²) in [4.78, 5) is 37.0. The number of nitrogens with one attached hydrogen (secondary N) is 3. The first kappa shape index (κ1) is 23.3. The number of rotatable bonds is 6. The number of halogens is 3. The fourth-order valence-corrected chi connectivity index (χ4v) is 3.67. The molecule has 3 amide bonds. The summed E-state index contributed by atoms with van der Waals surface area (Å²) in [6, 6.07) is 12.2. The monoisotopic (exact) mass is 447 g/mol. The highest BCUT2D eigenvalue weighted by Crippen LogP contribution is 2.29. The predicted molar refractivity (Wildman–Crippen MR) is 112 cm³/mol. The van der Waals surface area contributed by atoms with E-state index in [1.165, 1.54) is 6.07 Å². The molecule has 2 aromatic carbocycles. The van der Waals surface area contributed by atoms with Gasteiger partial charge in [-0.25, -0.2) is 0 Å². The first-order valence-corrected chi connectivity index (χ1v) is 10.3. The van der Waals surface area contributed by atoms with Crippen LogP contribution in [0.15, 0.2) is 54.6 Å². The highest BCUT2D eigenvalue weighted by atomic mass is 19.4. The minimum atomic E-state index is -4.56. The topological polar surface area (TPSA) is 87.3 Å². The van der Waals surface area contributed by atoms with Crippen molar-refractivity contribution in [3.63, 3.8) is 0 Å². The van der Waals surface area contributed by atoms with Crippen LogP contribution in [0.3, 0.4) is 0 Å². The van der Waals surface area contributed by atoms with Crippen molar-refractivity contribution in [2.75, 3.05) is 6.54 Å². The number of carbonyl (C=O) groups is 3. The molecule has 0 aromatic heterocycles. The molecule has 0 spiro atoms. The Balaban J connectivity index is 1.54. The van der Waals surface area contributed by atoms with Crippen LogP contribution in [0.2, 0.25) is 0 Å². The molecule has 1 aliphatic rings. The maximum absolute atomic E-state index is 12.8. The first-order valence-electron chi connectivity index (χ1n) is 10.3. The van der Waals surface area contributed by atoms with E-state index in [9.17, 15) is 27.6 Å². The van der Waals surface area contributed by atoms with Crippen molar-refractivity contribution >= 4 is 17.7 Å². The van der Waals surface area contributed by atoms with Gasteiger partial charge in [0.25, 0.3) is 11.8 Å². The Morgan fingerprint density at radius 2 is 1.44 bits per heavy atom. The summed E-state index contributed by atoms with van der Waals surface area (Å²) in [5.74, 6) is -1.48. The van der Waals surface area contributed by atoms with E-state index in [4.69, 9.17) is 0 Å². The molecule has 2 aromatic rings. The molecule has 3 N–H and O–H groups in total. The van der Waals surface area contributed by atoms with Crippen LogP contribution in [0.25, 0.3) is 0 Å². The lowest BCUT2D eigenvalue weighted by molar-refractivity contribution is -0.137. The number of benzene rings is 2. The van der Waals surface area contributed by atoms with E-state index in [-0.39, 0.29) is 30.1 Å². The number of alkyl halides is 3. The van der Waals surface area contributed by atoms with E-state index in [0.717, 1.165) is 31.0 Å². The molecule has 2 atom stereocenters. The van der Waals surface area contributed by atoms with Crippen molar-refractivity contribution in [2.24, 2.45) is 0 Å². The van der Waals surface area contributed by atoms with E-state index >= 15 is 0 Å². The highest BCUT2D eigenvalue weighted by Gasteiger charge is 2.31. The Bertz CT molecular complexity index is 964. The first-order chi connectivity index (χ1) is 15.2. The number of hydrogen-bond acceptors (Lipinski definition) is 3. The van der Waals surface area contributed by atoms with Crippen LogP contribution in [0, 0.1) is 0 Å². The van der Waals surface area contributed by atoms with Crippen molar-refractivity contribution in [3.8, 4) is 0 Å². The van der Waals surface area contributed by atoms with Gasteiger partial charge in [-0.1, -0.05) is 37.1 Å². The third kappa shape index (κ3) is 6.32. The van der Waals surface area contributed by atoms with Gasteiger partial charge in [-0.05, 0) is 43.2 Å². The van der Waals surface area contributed by atoms with Gasteiger partial charge in [-0.2, -0.15) is 13.2 Å². The average Bonchev–Trinajstić information content (AvgIpc) is 2.79. The zero-order valence-electron chi connectivity index (χ0n) is 17.2. The second-order valence-electron chi connectivity index (χ2n) is 7.67. The number of hydrogen-bond donors (Lipinski definition) is 3. The SMILES string of the molecule is O=C(CNC(=O)c1cccc(C(F)(F)F)c1)N[C@@H]1CCCC[C@@H]1NC(=O)c1ccccc1. The van der Waals surface area contributed by atoms with Gasteiger partial charge in [0.05, 0.1) is 12.1 Å². The van der Waals surface area contributed by atoms with Crippen LogP contribution >= 0.6 is 0 Å². The molecule has 0 aliphatic heterocycles. The molecule has 9 heteroatoms. The molecule has 32 heavy (non-hydrogen) atoms. The molecule has 1 aliphatic carbocycles. The second kappa shape index (κ2) is 10.3. The van der Waals surface area contributed by atoms with E-state index in [0.29, 0.717) is 18.4 Å². The van der Waals surface area contributed by atoms with Gasteiger partial charge in [0.1, 0.15) is 0 Å². The van der Waals surface area contributed by atoms with Crippen molar-refractivity contribution in [2.45, 2.75) is 43.9 Å². The summed E-state index contributed by atoms with van der Waals surface area (Å²) in [6.45, 7) is -0.384. The van der Waals surface area contributed by atoms with Gasteiger partial charge < -0.3 is 16.0 Å². The van der Waals surface area contributed by atoms with Gasteiger partial charge in [0, 0.05) is 23.2 Å². The van der Waals surface area contributed by atoms with Crippen LogP contribution < -0.4 is 16.0 Å². The Hall–Kier alpha value is -3.36. The summed E-state index contributed by atoms with van der Waals surface area (Å²) in [5.41, 5.74) is -0.594. The molecular weight excluding hydrogens is 423 g/mol. The van der Waals surface area contributed by atoms with Crippen molar-refractivity contribution in [1.29, 1.82) is 0 Å². The minimum Gasteiger partial charge on any atom is -0.350 e. The smallest absolute Gasteiger partial charge is 0.350 e. The largest absolute Gasteiger partial charge is 0.416 e. The molecule has 0 heterocycles. The van der Waals surface area contributed by atoms with Crippen LogP contribution in [-0.4, -0.2) is 36.3 Å². The standard InChI is InChI=1S/C23H24F3N3O3/c24-23(25,26)17-10-6-9-16(13-17)21(31)27-14-20(30)28-18-11-4-5-12-19(18)29-22(32)15-7-2-1-3-8-15/h1-3,6-10,13,18-19H,4-5,11-12,14H2,(H,27,31)(H,28,30)(H,29,32)/t18-,19+/m1/s1. The van der Waals surface area contributed by atoms with Gasteiger partial charge in [-0.15, -0.1) is 0 Å². The quantitative estimate of drug-likeness (QED) is 0.635. The summed E-state index contributed by atoms with van der Waals surface area (Å²) in [5, 5.41) is 8.12. The molecule has 0 bridgehead atoms. The van der Waals surface area contributed by atoms with Crippen LogP contribution in [-0.2, 0) is 11.0 Å². The molecule has 1 saturated carbocycles. The van der Waals surface area contributed by atoms with Gasteiger partial charge in [-0.3, -0.25) is 14.4 Å². The summed E-state index contributed by atoms with van der Waals surface area (Å²) in [6.07, 6.45) is -1.38. The lowest BCUT2D eigenvalue weighted by Crippen LogP contribution is -2.54. The maximum atomic E-state index is 12.8. The molecule has 6 nitrogen and oxygen atoms in total. The second-order valence-corrected chi connectivity index (χ2v) is 7.67. The van der Waals surface area contributed by atoms with E-state index < -0.39 is 23.6 Å². The Kier molecular flexibility index (Phi) is 7.50. The van der Waals surface area contributed by atoms with Gasteiger partial charge in [0.2, 0.25) is 5.91 Å². The van der Waals surface area contributed by atoms with E-state index in [1.54, 1.807) is 24.3 Å². The lowest BCUT2D eigenvalue weighted by Gasteiger charge is -2.32. The zero-order chi connectivity index (χ0) is 23.1. The van der Waals surface area contributed by atoms with Crippen molar-refractivity contribution in [1.82, 2.24) is 16.0 Å². The summed E-state index contributed by atoms with van der Waals surface area (Å²) in [7, 11) is 0. The highest BCUT2D eigenvalue weighted by molar-refractivity contribution is 5.97. The molecule has 1 fully saturated rings. The lowest BCUT2D eigenvalue weighted by atomic mass is 9.90. The number of amides is 3. The van der Waals surface area contributed by atoms with Crippen LogP contribution in [0.1, 0.15) is 52.0 Å². The van der Waals surface area contributed by atoms with Crippen LogP contribution in [0.5, 0.6) is 0 Å². The van der Waals surface area contributed by atoms with Gasteiger partial charge >= 0.3 is 6.18 Å². The van der Waals surface area contributed by atoms with E-state index in [2.05, 4.69) is 16.0 Å². The molecule has 0 radical (unpaired) electrons. The third-order valence-electron chi connectivity index (χ3n) is 5.33. The van der Waals surface area contributed by atoms with E-state index in [1.807, 2.05) is 6.07 Å².